The van der Waals surface area contributed by atoms with Crippen LogP contribution in [0.5, 0.6) is 5.75 Å². The molecule has 1 spiro atoms. The largest absolute Gasteiger partial charge is 0.490 e. The summed E-state index contributed by atoms with van der Waals surface area (Å²) in [6.45, 7) is 5.32. The molecule has 3 fully saturated rings. The topological polar surface area (TPSA) is 89.8 Å². The highest BCUT2D eigenvalue weighted by atomic mass is 16.5. The van der Waals surface area contributed by atoms with Gasteiger partial charge in [0, 0.05) is 60.7 Å². The van der Waals surface area contributed by atoms with Crippen LogP contribution in [0.25, 0.3) is 16.6 Å². The van der Waals surface area contributed by atoms with Gasteiger partial charge in [0.2, 0.25) is 5.91 Å². The van der Waals surface area contributed by atoms with Crippen LogP contribution < -0.4 is 15.4 Å². The average Bonchev–Trinajstić information content (AvgIpc) is 3.60. The highest BCUT2D eigenvalue weighted by Crippen LogP contribution is 2.40. The number of ether oxygens (including phenoxy) is 2. The fourth-order valence-corrected chi connectivity index (χ4v) is 4.93. The van der Waals surface area contributed by atoms with Crippen LogP contribution in [0.2, 0.25) is 0 Å². The SMILES string of the molecule is Cc1cc(-c2ccn3nc(NC(=O)C4CC4)cc3c2)c(OC[C@@H]2NCC23CCOCC3)cn1. The molecule has 33 heavy (non-hydrogen) atoms. The molecule has 172 valence electrons. The lowest BCUT2D eigenvalue weighted by Gasteiger charge is -2.52. The van der Waals surface area contributed by atoms with E-state index in [-0.39, 0.29) is 11.8 Å². The average molecular weight is 448 g/mol. The summed E-state index contributed by atoms with van der Waals surface area (Å²) in [5.41, 5.74) is 4.20. The van der Waals surface area contributed by atoms with Gasteiger partial charge in [0.05, 0.1) is 11.7 Å². The van der Waals surface area contributed by atoms with Gasteiger partial charge in [0.25, 0.3) is 0 Å². The standard InChI is InChI=1S/C25H29N5O3/c1-16-10-20(21(13-26-16)33-14-22-25(15-27-22)5-8-32-9-6-25)18-4-7-30-19(11-18)12-23(29-30)28-24(31)17-2-3-17/h4,7,10-13,17,22,27H,2-3,5-6,8-9,14-15H2,1H3,(H,28,29,31)/t22-/m0/s1. The number of fused-ring (bicyclic) bond motifs is 1. The quantitative estimate of drug-likeness (QED) is 0.603. The first-order valence-corrected chi connectivity index (χ1v) is 11.8. The van der Waals surface area contributed by atoms with Gasteiger partial charge in [-0.15, -0.1) is 0 Å². The molecule has 0 aromatic carbocycles. The van der Waals surface area contributed by atoms with Gasteiger partial charge < -0.3 is 20.1 Å². The van der Waals surface area contributed by atoms with E-state index in [1.165, 1.54) is 0 Å². The Hall–Kier alpha value is -2.97. The Labute approximate surface area is 192 Å². The Morgan fingerprint density at radius 2 is 2.15 bits per heavy atom. The van der Waals surface area contributed by atoms with Crippen LogP contribution in [0.3, 0.4) is 0 Å². The minimum absolute atomic E-state index is 0.0611. The van der Waals surface area contributed by atoms with Gasteiger partial charge in [-0.25, -0.2) is 4.52 Å². The summed E-state index contributed by atoms with van der Waals surface area (Å²) in [5, 5.41) is 11.0. The normalized spacial score (nSPS) is 21.7. The predicted octanol–water partition coefficient (Wildman–Crippen LogP) is 3.20. The van der Waals surface area contributed by atoms with Crippen LogP contribution >= 0.6 is 0 Å². The summed E-state index contributed by atoms with van der Waals surface area (Å²) >= 11 is 0. The highest BCUT2D eigenvalue weighted by Gasteiger charge is 2.47. The molecule has 3 aromatic heterocycles. The number of rotatable bonds is 6. The molecule has 2 aliphatic heterocycles. The van der Waals surface area contributed by atoms with Gasteiger partial charge in [-0.05, 0) is 56.4 Å². The van der Waals surface area contributed by atoms with Crippen molar-refractivity contribution in [3.05, 3.63) is 42.4 Å². The molecule has 0 bridgehead atoms. The van der Waals surface area contributed by atoms with Gasteiger partial charge in [-0.1, -0.05) is 0 Å². The molecule has 5 heterocycles. The molecule has 8 heteroatoms. The summed E-state index contributed by atoms with van der Waals surface area (Å²) < 4.78 is 13.7. The van der Waals surface area contributed by atoms with Crippen molar-refractivity contribution in [2.75, 3.05) is 31.7 Å². The first-order valence-electron chi connectivity index (χ1n) is 11.8. The third-order valence-corrected chi connectivity index (χ3v) is 7.31. The molecule has 1 atom stereocenters. The minimum atomic E-state index is 0.0611. The van der Waals surface area contributed by atoms with Gasteiger partial charge in [-0.3, -0.25) is 9.78 Å². The second kappa shape index (κ2) is 8.11. The third kappa shape index (κ3) is 3.98. The van der Waals surface area contributed by atoms with Gasteiger partial charge in [0.15, 0.2) is 5.82 Å². The Morgan fingerprint density at radius 1 is 1.30 bits per heavy atom. The maximum absolute atomic E-state index is 12.1. The summed E-state index contributed by atoms with van der Waals surface area (Å²) in [7, 11) is 0. The zero-order valence-corrected chi connectivity index (χ0v) is 18.8. The van der Waals surface area contributed by atoms with E-state index in [9.17, 15) is 4.79 Å². The van der Waals surface area contributed by atoms with Crippen molar-refractivity contribution in [1.82, 2.24) is 19.9 Å². The number of pyridine rings is 2. The molecule has 1 saturated carbocycles. The maximum Gasteiger partial charge on any atom is 0.228 e. The molecule has 1 aliphatic carbocycles. The summed E-state index contributed by atoms with van der Waals surface area (Å²) in [4.78, 5) is 16.6. The van der Waals surface area contributed by atoms with Gasteiger partial charge >= 0.3 is 0 Å². The lowest BCUT2D eigenvalue weighted by Crippen LogP contribution is -2.66. The van der Waals surface area contributed by atoms with Crippen molar-refractivity contribution < 1.29 is 14.3 Å². The van der Waals surface area contributed by atoms with Crippen molar-refractivity contribution >= 4 is 17.2 Å². The van der Waals surface area contributed by atoms with Crippen molar-refractivity contribution in [1.29, 1.82) is 0 Å². The van der Waals surface area contributed by atoms with E-state index in [0.29, 0.717) is 23.9 Å². The van der Waals surface area contributed by atoms with E-state index in [4.69, 9.17) is 9.47 Å². The fraction of sp³-hybridized carbons (Fsp3) is 0.480. The van der Waals surface area contributed by atoms with Gasteiger partial charge in [0.1, 0.15) is 12.4 Å². The lowest BCUT2D eigenvalue weighted by molar-refractivity contribution is -0.117. The highest BCUT2D eigenvalue weighted by molar-refractivity contribution is 5.93. The monoisotopic (exact) mass is 447 g/mol. The number of carbonyl (C=O) groups is 1. The second-order valence-electron chi connectivity index (χ2n) is 9.62. The van der Waals surface area contributed by atoms with Crippen molar-refractivity contribution in [2.45, 2.75) is 38.6 Å². The lowest BCUT2D eigenvalue weighted by atomic mass is 9.68. The number of aryl methyl sites for hydroxylation is 1. The van der Waals surface area contributed by atoms with E-state index >= 15 is 0 Å². The van der Waals surface area contributed by atoms with Crippen LogP contribution in [-0.4, -0.2) is 52.9 Å². The first-order chi connectivity index (χ1) is 16.1. The molecule has 3 aliphatic rings. The van der Waals surface area contributed by atoms with Crippen LogP contribution in [0.4, 0.5) is 5.82 Å². The Bertz CT molecular complexity index is 1200. The Morgan fingerprint density at radius 3 is 2.91 bits per heavy atom. The molecule has 2 saturated heterocycles. The summed E-state index contributed by atoms with van der Waals surface area (Å²) in [6, 6.07) is 8.40. The summed E-state index contributed by atoms with van der Waals surface area (Å²) in [6.07, 6.45) is 7.86. The molecule has 0 unspecified atom stereocenters. The smallest absolute Gasteiger partial charge is 0.228 e. The number of amides is 1. The first kappa shape index (κ1) is 20.6. The minimum Gasteiger partial charge on any atom is -0.490 e. The zero-order valence-electron chi connectivity index (χ0n) is 18.8. The molecule has 6 rings (SSSR count). The fourth-order valence-electron chi connectivity index (χ4n) is 4.93. The maximum atomic E-state index is 12.1. The van der Waals surface area contributed by atoms with Crippen molar-refractivity contribution in [2.24, 2.45) is 11.3 Å². The number of nitrogens with zero attached hydrogens (tertiary/aromatic N) is 3. The van der Waals surface area contributed by atoms with Crippen LogP contribution in [0.15, 0.2) is 36.7 Å². The summed E-state index contributed by atoms with van der Waals surface area (Å²) in [5.74, 6) is 1.58. The zero-order chi connectivity index (χ0) is 22.4. The molecular formula is C25H29N5O3. The number of aromatic nitrogens is 3. The molecule has 1 amide bonds. The Balaban J connectivity index is 1.23. The van der Waals surface area contributed by atoms with E-state index in [0.717, 1.165) is 73.5 Å². The van der Waals surface area contributed by atoms with E-state index in [1.807, 2.05) is 31.5 Å². The van der Waals surface area contributed by atoms with E-state index in [1.54, 1.807) is 4.52 Å². The molecule has 0 radical (unpaired) electrons. The number of anilines is 1. The van der Waals surface area contributed by atoms with Crippen molar-refractivity contribution in [3.8, 4) is 16.9 Å². The van der Waals surface area contributed by atoms with Gasteiger partial charge in [-0.2, -0.15) is 5.10 Å². The van der Waals surface area contributed by atoms with Crippen molar-refractivity contribution in [3.63, 3.8) is 0 Å². The molecule has 3 aromatic rings. The molecule has 2 N–H and O–H groups in total. The second-order valence-corrected chi connectivity index (χ2v) is 9.62. The third-order valence-electron chi connectivity index (χ3n) is 7.31. The van der Waals surface area contributed by atoms with E-state index < -0.39 is 0 Å². The predicted molar refractivity (Wildman–Crippen MR) is 124 cm³/mol. The number of carbonyl (C=O) groups excluding carboxylic acids is 1. The Kier molecular flexibility index (Phi) is 5.07. The number of hydrogen-bond donors (Lipinski definition) is 2. The van der Waals surface area contributed by atoms with E-state index in [2.05, 4.69) is 32.8 Å². The van der Waals surface area contributed by atoms with Crippen LogP contribution in [0, 0.1) is 18.3 Å². The molecular weight excluding hydrogens is 418 g/mol. The number of hydrogen-bond acceptors (Lipinski definition) is 6. The number of nitrogens with one attached hydrogen (secondary N) is 2. The van der Waals surface area contributed by atoms with Crippen LogP contribution in [0.1, 0.15) is 31.4 Å². The molecule has 8 nitrogen and oxygen atoms in total. The van der Waals surface area contributed by atoms with Crippen LogP contribution in [-0.2, 0) is 9.53 Å².